The number of aryl methyl sites for hydroxylation is 1. The van der Waals surface area contributed by atoms with Gasteiger partial charge < -0.3 is 10.6 Å². The Bertz CT molecular complexity index is 392. The fourth-order valence-corrected chi connectivity index (χ4v) is 3.11. The van der Waals surface area contributed by atoms with Crippen LogP contribution in [0.3, 0.4) is 0 Å². The third-order valence-electron chi connectivity index (χ3n) is 4.03. The monoisotopic (exact) mass is 218 g/mol. The molecule has 1 saturated carbocycles. The summed E-state index contributed by atoms with van der Waals surface area (Å²) in [5, 5.41) is 0. The number of aromatic nitrogens is 2. The lowest BCUT2D eigenvalue weighted by Gasteiger charge is -2.19. The van der Waals surface area contributed by atoms with Gasteiger partial charge in [-0.25, -0.2) is 9.97 Å². The van der Waals surface area contributed by atoms with E-state index >= 15 is 0 Å². The molecule has 4 heteroatoms. The van der Waals surface area contributed by atoms with Gasteiger partial charge in [0.1, 0.15) is 12.1 Å². The zero-order valence-electron chi connectivity index (χ0n) is 9.63. The number of nitrogens with zero attached hydrogens (tertiary/aromatic N) is 3. The van der Waals surface area contributed by atoms with Crippen LogP contribution in [0.2, 0.25) is 0 Å². The van der Waals surface area contributed by atoms with Crippen molar-refractivity contribution < 1.29 is 0 Å². The average molecular weight is 218 g/mol. The quantitative estimate of drug-likeness (QED) is 0.762. The van der Waals surface area contributed by atoms with Crippen molar-refractivity contribution in [2.45, 2.75) is 25.8 Å². The standard InChI is InChI=1S/C12H18N4/c1-8-4-12(15-7-14-8)16-5-9-2-3-11(13)10(9)6-16/h4,7,9-11H,2-3,5-6,13H2,1H3. The van der Waals surface area contributed by atoms with Crippen molar-refractivity contribution in [3.63, 3.8) is 0 Å². The van der Waals surface area contributed by atoms with E-state index in [1.165, 1.54) is 12.8 Å². The third kappa shape index (κ3) is 1.57. The molecule has 2 N–H and O–H groups in total. The molecule has 0 aromatic carbocycles. The third-order valence-corrected chi connectivity index (χ3v) is 4.03. The molecular formula is C12H18N4. The molecule has 0 radical (unpaired) electrons. The second-order valence-electron chi connectivity index (χ2n) is 5.09. The summed E-state index contributed by atoms with van der Waals surface area (Å²) < 4.78 is 0. The summed E-state index contributed by atoms with van der Waals surface area (Å²) in [6.45, 7) is 4.20. The van der Waals surface area contributed by atoms with Crippen molar-refractivity contribution in [1.29, 1.82) is 0 Å². The predicted molar refractivity (Wildman–Crippen MR) is 63.2 cm³/mol. The van der Waals surface area contributed by atoms with E-state index in [2.05, 4.69) is 20.9 Å². The summed E-state index contributed by atoms with van der Waals surface area (Å²) >= 11 is 0. The second-order valence-corrected chi connectivity index (χ2v) is 5.09. The van der Waals surface area contributed by atoms with Crippen LogP contribution in [-0.2, 0) is 0 Å². The Morgan fingerprint density at radius 1 is 1.31 bits per heavy atom. The molecule has 3 rings (SSSR count). The van der Waals surface area contributed by atoms with Gasteiger partial charge in [0.2, 0.25) is 0 Å². The Balaban J connectivity index is 1.79. The molecule has 3 atom stereocenters. The molecule has 2 heterocycles. The number of hydrogen-bond acceptors (Lipinski definition) is 4. The normalized spacial score (nSPS) is 33.1. The first-order valence-corrected chi connectivity index (χ1v) is 6.03. The van der Waals surface area contributed by atoms with Crippen molar-refractivity contribution in [2.24, 2.45) is 17.6 Å². The van der Waals surface area contributed by atoms with Crippen molar-refractivity contribution in [1.82, 2.24) is 9.97 Å². The van der Waals surface area contributed by atoms with E-state index in [0.717, 1.165) is 30.5 Å². The highest BCUT2D eigenvalue weighted by Gasteiger charge is 2.41. The summed E-state index contributed by atoms with van der Waals surface area (Å²) in [7, 11) is 0. The van der Waals surface area contributed by atoms with E-state index in [1.807, 2.05) is 6.92 Å². The molecule has 1 aliphatic heterocycles. The van der Waals surface area contributed by atoms with E-state index in [-0.39, 0.29) is 0 Å². The molecule has 86 valence electrons. The van der Waals surface area contributed by atoms with Crippen LogP contribution in [0.4, 0.5) is 5.82 Å². The van der Waals surface area contributed by atoms with Crippen LogP contribution in [0.1, 0.15) is 18.5 Å². The Labute approximate surface area is 95.9 Å². The van der Waals surface area contributed by atoms with Gasteiger partial charge in [-0.1, -0.05) is 0 Å². The molecular weight excluding hydrogens is 200 g/mol. The Kier molecular flexibility index (Phi) is 2.32. The van der Waals surface area contributed by atoms with E-state index in [0.29, 0.717) is 12.0 Å². The minimum absolute atomic E-state index is 0.401. The molecule has 4 nitrogen and oxygen atoms in total. The molecule has 1 saturated heterocycles. The number of anilines is 1. The van der Waals surface area contributed by atoms with Gasteiger partial charge in [0.25, 0.3) is 0 Å². The second kappa shape index (κ2) is 3.70. The molecule has 2 aliphatic rings. The van der Waals surface area contributed by atoms with Crippen molar-refractivity contribution >= 4 is 5.82 Å². The van der Waals surface area contributed by atoms with Gasteiger partial charge >= 0.3 is 0 Å². The molecule has 1 aromatic heterocycles. The number of rotatable bonds is 1. The van der Waals surface area contributed by atoms with Crippen LogP contribution < -0.4 is 10.6 Å². The molecule has 0 bridgehead atoms. The van der Waals surface area contributed by atoms with Crippen LogP contribution in [0.5, 0.6) is 0 Å². The SMILES string of the molecule is Cc1cc(N2CC3CCC(N)C3C2)ncn1. The predicted octanol–water partition coefficient (Wildman–Crippen LogP) is 0.959. The molecule has 0 amide bonds. The van der Waals surface area contributed by atoms with Crippen molar-refractivity contribution in [3.8, 4) is 0 Å². The van der Waals surface area contributed by atoms with Gasteiger partial charge in [0.05, 0.1) is 0 Å². The van der Waals surface area contributed by atoms with Gasteiger partial charge in [-0.05, 0) is 31.6 Å². The summed E-state index contributed by atoms with van der Waals surface area (Å²) in [4.78, 5) is 10.8. The van der Waals surface area contributed by atoms with E-state index in [1.54, 1.807) is 6.33 Å². The first-order chi connectivity index (χ1) is 7.74. The highest BCUT2D eigenvalue weighted by atomic mass is 15.2. The molecule has 1 aromatic rings. The van der Waals surface area contributed by atoms with Crippen molar-refractivity contribution in [3.05, 3.63) is 18.1 Å². The zero-order chi connectivity index (χ0) is 11.1. The first kappa shape index (κ1) is 10.0. The maximum atomic E-state index is 6.13. The maximum Gasteiger partial charge on any atom is 0.132 e. The molecule has 1 aliphatic carbocycles. The number of fused-ring (bicyclic) bond motifs is 1. The topological polar surface area (TPSA) is 55.0 Å². The molecule has 0 spiro atoms. The minimum Gasteiger partial charge on any atom is -0.356 e. The average Bonchev–Trinajstić information content (AvgIpc) is 2.81. The Morgan fingerprint density at radius 2 is 2.19 bits per heavy atom. The van der Waals surface area contributed by atoms with E-state index in [4.69, 9.17) is 5.73 Å². The van der Waals surface area contributed by atoms with Crippen molar-refractivity contribution in [2.75, 3.05) is 18.0 Å². The van der Waals surface area contributed by atoms with E-state index in [9.17, 15) is 0 Å². The smallest absolute Gasteiger partial charge is 0.132 e. The first-order valence-electron chi connectivity index (χ1n) is 6.03. The molecule has 2 fully saturated rings. The highest BCUT2D eigenvalue weighted by Crippen LogP contribution is 2.38. The molecule has 3 unspecified atom stereocenters. The van der Waals surface area contributed by atoms with Crippen LogP contribution in [0.15, 0.2) is 12.4 Å². The fourth-order valence-electron chi connectivity index (χ4n) is 3.11. The number of hydrogen-bond donors (Lipinski definition) is 1. The Morgan fingerprint density at radius 3 is 2.94 bits per heavy atom. The van der Waals surface area contributed by atoms with Crippen LogP contribution in [-0.4, -0.2) is 29.1 Å². The van der Waals surface area contributed by atoms with Gasteiger partial charge in [0, 0.05) is 30.9 Å². The lowest BCUT2D eigenvalue weighted by Crippen LogP contribution is -2.30. The minimum atomic E-state index is 0.401. The zero-order valence-corrected chi connectivity index (χ0v) is 9.63. The van der Waals surface area contributed by atoms with Crippen LogP contribution in [0.25, 0.3) is 0 Å². The largest absolute Gasteiger partial charge is 0.356 e. The summed E-state index contributed by atoms with van der Waals surface area (Å²) in [5.41, 5.74) is 7.16. The molecule has 16 heavy (non-hydrogen) atoms. The highest BCUT2D eigenvalue weighted by molar-refractivity contribution is 5.40. The van der Waals surface area contributed by atoms with Gasteiger partial charge in [-0.3, -0.25) is 0 Å². The van der Waals surface area contributed by atoms with Gasteiger partial charge in [-0.2, -0.15) is 0 Å². The summed E-state index contributed by atoms with van der Waals surface area (Å²) in [6.07, 6.45) is 4.14. The summed E-state index contributed by atoms with van der Waals surface area (Å²) in [6, 6.07) is 2.46. The van der Waals surface area contributed by atoms with Crippen LogP contribution >= 0.6 is 0 Å². The fraction of sp³-hybridized carbons (Fsp3) is 0.667. The van der Waals surface area contributed by atoms with Crippen LogP contribution in [0, 0.1) is 18.8 Å². The van der Waals surface area contributed by atoms with Gasteiger partial charge in [-0.15, -0.1) is 0 Å². The Hall–Kier alpha value is -1.16. The lowest BCUT2D eigenvalue weighted by molar-refractivity contribution is 0.453. The van der Waals surface area contributed by atoms with E-state index < -0.39 is 0 Å². The lowest BCUT2D eigenvalue weighted by atomic mass is 9.98. The van der Waals surface area contributed by atoms with Gasteiger partial charge in [0.15, 0.2) is 0 Å². The summed E-state index contributed by atoms with van der Waals surface area (Å²) in [5.74, 6) is 2.52. The number of nitrogens with two attached hydrogens (primary N) is 1. The maximum absolute atomic E-state index is 6.13.